The maximum Gasteiger partial charge on any atom is 0.144 e. The minimum Gasteiger partial charge on any atom is -0.357 e. The monoisotopic (exact) mass is 228 g/mol. The van der Waals surface area contributed by atoms with E-state index in [1.165, 1.54) is 0 Å². The molecular weight excluding hydrogens is 212 g/mol. The first-order valence-electron chi connectivity index (χ1n) is 6.11. The zero-order valence-electron chi connectivity index (χ0n) is 10.1. The first-order valence-corrected chi connectivity index (χ1v) is 6.11. The van der Waals surface area contributed by atoms with Gasteiger partial charge in [0.15, 0.2) is 0 Å². The molecule has 0 amide bonds. The predicted molar refractivity (Wildman–Crippen MR) is 65.5 cm³/mol. The van der Waals surface area contributed by atoms with E-state index in [0.717, 1.165) is 5.56 Å². The van der Waals surface area contributed by atoms with Crippen LogP contribution in [0, 0.1) is 11.8 Å². The van der Waals surface area contributed by atoms with Crippen LogP contribution in [0.2, 0.25) is 0 Å². The van der Waals surface area contributed by atoms with Crippen LogP contribution in [0.3, 0.4) is 0 Å². The van der Waals surface area contributed by atoms with Crippen molar-refractivity contribution in [3.05, 3.63) is 48.0 Å². The molecule has 1 saturated heterocycles. The van der Waals surface area contributed by atoms with Crippen molar-refractivity contribution in [3.63, 3.8) is 0 Å². The van der Waals surface area contributed by atoms with Gasteiger partial charge in [0, 0.05) is 5.92 Å². The molecule has 88 valence electrons. The van der Waals surface area contributed by atoms with Crippen LogP contribution in [0.1, 0.15) is 19.4 Å². The van der Waals surface area contributed by atoms with Crippen molar-refractivity contribution in [3.8, 4) is 0 Å². The number of carbonyl (C=O) groups excluding carboxylic acids is 1. The van der Waals surface area contributed by atoms with Gasteiger partial charge in [-0.15, -0.1) is 0 Å². The SMILES string of the molecule is C[C@@H]1C(=O)[C@H](C)[C@H]2C=C[C@]1(c1ccccc1)O2. The molecule has 0 spiro atoms. The zero-order chi connectivity index (χ0) is 12.0. The second-order valence-corrected chi connectivity index (χ2v) is 5.01. The first kappa shape index (κ1) is 10.7. The average molecular weight is 228 g/mol. The normalized spacial score (nSPS) is 39.6. The molecule has 2 aliphatic rings. The fourth-order valence-corrected chi connectivity index (χ4v) is 2.94. The second kappa shape index (κ2) is 3.54. The summed E-state index contributed by atoms with van der Waals surface area (Å²) in [5.74, 6) is 0.158. The molecule has 2 bridgehead atoms. The highest BCUT2D eigenvalue weighted by atomic mass is 16.5. The van der Waals surface area contributed by atoms with Crippen molar-refractivity contribution >= 4 is 5.78 Å². The third kappa shape index (κ3) is 1.34. The molecule has 1 aromatic rings. The van der Waals surface area contributed by atoms with Gasteiger partial charge in [0.05, 0.1) is 12.0 Å². The lowest BCUT2D eigenvalue weighted by Crippen LogP contribution is -2.48. The molecule has 0 saturated carbocycles. The van der Waals surface area contributed by atoms with E-state index >= 15 is 0 Å². The van der Waals surface area contributed by atoms with Crippen LogP contribution >= 0.6 is 0 Å². The Morgan fingerprint density at radius 1 is 1.18 bits per heavy atom. The third-order valence-corrected chi connectivity index (χ3v) is 4.10. The molecule has 1 fully saturated rings. The molecule has 1 aromatic carbocycles. The van der Waals surface area contributed by atoms with Gasteiger partial charge >= 0.3 is 0 Å². The van der Waals surface area contributed by atoms with E-state index in [2.05, 4.69) is 6.08 Å². The molecule has 0 aromatic heterocycles. The van der Waals surface area contributed by atoms with E-state index < -0.39 is 5.60 Å². The minimum absolute atomic E-state index is 0.0272. The van der Waals surface area contributed by atoms with Crippen molar-refractivity contribution in [1.82, 2.24) is 0 Å². The van der Waals surface area contributed by atoms with Crippen LogP contribution in [0.15, 0.2) is 42.5 Å². The molecule has 2 heterocycles. The van der Waals surface area contributed by atoms with Crippen molar-refractivity contribution in [2.24, 2.45) is 11.8 Å². The number of fused-ring (bicyclic) bond motifs is 2. The van der Waals surface area contributed by atoms with Gasteiger partial charge in [-0.05, 0) is 11.6 Å². The second-order valence-electron chi connectivity index (χ2n) is 5.01. The minimum atomic E-state index is -0.532. The Labute approximate surface area is 101 Å². The van der Waals surface area contributed by atoms with Gasteiger partial charge in [-0.25, -0.2) is 0 Å². The van der Waals surface area contributed by atoms with E-state index in [4.69, 9.17) is 4.74 Å². The van der Waals surface area contributed by atoms with Crippen LogP contribution in [-0.4, -0.2) is 11.9 Å². The molecule has 17 heavy (non-hydrogen) atoms. The van der Waals surface area contributed by atoms with Gasteiger partial charge in [-0.3, -0.25) is 4.79 Å². The highest BCUT2D eigenvalue weighted by Gasteiger charge is 2.52. The van der Waals surface area contributed by atoms with E-state index in [1.807, 2.05) is 50.3 Å². The Hall–Kier alpha value is -1.41. The number of ketones is 1. The maximum absolute atomic E-state index is 12.2. The standard InChI is InChI=1S/C15H16O2/c1-10-13-8-9-15(17-13,11(2)14(10)16)12-6-4-3-5-7-12/h3-11,13H,1-2H3/t10-,11-,13-,15+/m1/s1. The highest BCUT2D eigenvalue weighted by molar-refractivity contribution is 5.87. The smallest absolute Gasteiger partial charge is 0.144 e. The van der Waals surface area contributed by atoms with Gasteiger partial charge in [0.25, 0.3) is 0 Å². The summed E-state index contributed by atoms with van der Waals surface area (Å²) in [5, 5.41) is 0. The lowest BCUT2D eigenvalue weighted by Gasteiger charge is -2.41. The molecule has 0 aliphatic carbocycles. The number of benzene rings is 1. The summed E-state index contributed by atoms with van der Waals surface area (Å²) in [6.07, 6.45) is 4.05. The van der Waals surface area contributed by atoms with Crippen molar-refractivity contribution in [1.29, 1.82) is 0 Å². The van der Waals surface area contributed by atoms with Crippen LogP contribution in [-0.2, 0) is 15.1 Å². The fraction of sp³-hybridized carbons (Fsp3) is 0.400. The van der Waals surface area contributed by atoms with Crippen LogP contribution in [0.5, 0.6) is 0 Å². The van der Waals surface area contributed by atoms with Crippen LogP contribution < -0.4 is 0 Å². The quantitative estimate of drug-likeness (QED) is 0.691. The number of ether oxygens (including phenoxy) is 1. The van der Waals surface area contributed by atoms with Crippen molar-refractivity contribution < 1.29 is 9.53 Å². The lowest BCUT2D eigenvalue weighted by molar-refractivity contribution is -0.160. The molecule has 0 unspecified atom stereocenters. The Balaban J connectivity index is 2.10. The summed E-state index contributed by atoms with van der Waals surface area (Å²) in [6.45, 7) is 3.92. The molecule has 3 rings (SSSR count). The first-order chi connectivity index (χ1) is 8.15. The Morgan fingerprint density at radius 3 is 2.59 bits per heavy atom. The summed E-state index contributed by atoms with van der Waals surface area (Å²) >= 11 is 0. The van der Waals surface area contributed by atoms with Crippen molar-refractivity contribution in [2.75, 3.05) is 0 Å². The molecule has 0 radical (unpaired) electrons. The number of rotatable bonds is 1. The molecule has 2 nitrogen and oxygen atoms in total. The number of hydrogen-bond donors (Lipinski definition) is 0. The zero-order valence-corrected chi connectivity index (χ0v) is 10.1. The lowest BCUT2D eigenvalue weighted by atomic mass is 9.76. The van der Waals surface area contributed by atoms with E-state index in [0.29, 0.717) is 5.78 Å². The number of carbonyl (C=O) groups is 1. The Morgan fingerprint density at radius 2 is 1.88 bits per heavy atom. The van der Waals surface area contributed by atoms with Gasteiger partial charge in [-0.1, -0.05) is 50.3 Å². The van der Waals surface area contributed by atoms with Crippen molar-refractivity contribution in [2.45, 2.75) is 25.6 Å². The van der Waals surface area contributed by atoms with E-state index in [1.54, 1.807) is 0 Å². The fourth-order valence-electron chi connectivity index (χ4n) is 2.94. The summed E-state index contributed by atoms with van der Waals surface area (Å²) in [4.78, 5) is 12.2. The molecule has 2 aliphatic heterocycles. The van der Waals surface area contributed by atoms with E-state index in [-0.39, 0.29) is 17.9 Å². The topological polar surface area (TPSA) is 26.3 Å². The Bertz CT molecular complexity index is 477. The summed E-state index contributed by atoms with van der Waals surface area (Å²) < 4.78 is 6.13. The molecule has 2 heteroatoms. The molecule has 4 atom stereocenters. The summed E-state index contributed by atoms with van der Waals surface area (Å²) in [7, 11) is 0. The highest BCUT2D eigenvalue weighted by Crippen LogP contribution is 2.47. The van der Waals surface area contributed by atoms with E-state index in [9.17, 15) is 4.79 Å². The Kier molecular flexibility index (Phi) is 2.23. The predicted octanol–water partition coefficient (Wildman–Crippen LogP) is 2.69. The van der Waals surface area contributed by atoms with Gasteiger partial charge in [0.1, 0.15) is 11.4 Å². The third-order valence-electron chi connectivity index (χ3n) is 4.10. The van der Waals surface area contributed by atoms with Gasteiger partial charge < -0.3 is 4.74 Å². The molecular formula is C15H16O2. The van der Waals surface area contributed by atoms with Gasteiger partial charge in [-0.2, -0.15) is 0 Å². The van der Waals surface area contributed by atoms with Crippen LogP contribution in [0.25, 0.3) is 0 Å². The maximum atomic E-state index is 12.2. The van der Waals surface area contributed by atoms with Gasteiger partial charge in [0.2, 0.25) is 0 Å². The number of Topliss-reactive ketones (excluding diaryl/α,β-unsaturated/α-hetero) is 1. The number of hydrogen-bond acceptors (Lipinski definition) is 2. The summed E-state index contributed by atoms with van der Waals surface area (Å²) in [6, 6.07) is 10.0. The molecule has 0 N–H and O–H groups in total. The van der Waals surface area contributed by atoms with Crippen LogP contribution in [0.4, 0.5) is 0 Å². The average Bonchev–Trinajstić information content (AvgIpc) is 2.79. The summed E-state index contributed by atoms with van der Waals surface area (Å²) in [5.41, 5.74) is 0.543. The largest absolute Gasteiger partial charge is 0.357 e.